The summed E-state index contributed by atoms with van der Waals surface area (Å²) in [6.45, 7) is 4.04. The summed E-state index contributed by atoms with van der Waals surface area (Å²) in [4.78, 5) is 12.7. The van der Waals surface area contributed by atoms with Gasteiger partial charge in [-0.05, 0) is 19.4 Å². The lowest BCUT2D eigenvalue weighted by Crippen LogP contribution is -2.29. The third-order valence-corrected chi connectivity index (χ3v) is 3.93. The third-order valence-electron chi connectivity index (χ3n) is 3.93. The molecule has 0 aromatic carbocycles. The molecule has 21 heavy (non-hydrogen) atoms. The number of aromatic nitrogens is 4. The van der Waals surface area contributed by atoms with Crippen molar-refractivity contribution in [2.75, 3.05) is 20.2 Å². The topological polar surface area (TPSA) is 86.0 Å². The third kappa shape index (κ3) is 2.61. The van der Waals surface area contributed by atoms with Gasteiger partial charge in [0.2, 0.25) is 17.6 Å². The number of hydrogen-bond acceptors (Lipinski definition) is 7. The molecule has 1 atom stereocenters. The summed E-state index contributed by atoms with van der Waals surface area (Å²) >= 11 is 0. The van der Waals surface area contributed by atoms with Crippen molar-refractivity contribution in [3.05, 3.63) is 18.3 Å². The zero-order chi connectivity index (χ0) is 14.7. The van der Waals surface area contributed by atoms with Crippen LogP contribution in [0.25, 0.3) is 11.5 Å². The summed E-state index contributed by atoms with van der Waals surface area (Å²) < 4.78 is 10.6. The van der Waals surface area contributed by atoms with Crippen LogP contribution < -0.4 is 10.1 Å². The van der Waals surface area contributed by atoms with Gasteiger partial charge in [0.15, 0.2) is 0 Å². The maximum Gasteiger partial charge on any atom is 0.234 e. The van der Waals surface area contributed by atoms with E-state index in [1.54, 1.807) is 13.2 Å². The van der Waals surface area contributed by atoms with Crippen molar-refractivity contribution in [3.8, 4) is 17.4 Å². The van der Waals surface area contributed by atoms with E-state index in [-0.39, 0.29) is 5.41 Å². The van der Waals surface area contributed by atoms with Crippen molar-refractivity contribution in [2.45, 2.75) is 31.6 Å². The molecular weight excluding hydrogens is 270 g/mol. The van der Waals surface area contributed by atoms with Crippen LogP contribution in [0.5, 0.6) is 5.88 Å². The van der Waals surface area contributed by atoms with Crippen molar-refractivity contribution in [3.63, 3.8) is 0 Å². The lowest BCUT2D eigenvalue weighted by atomic mass is 9.82. The van der Waals surface area contributed by atoms with Crippen LogP contribution in [-0.2, 0) is 5.41 Å². The predicted octanol–water partition coefficient (Wildman–Crippen LogP) is 1.57. The van der Waals surface area contributed by atoms with E-state index >= 15 is 0 Å². The van der Waals surface area contributed by atoms with Crippen molar-refractivity contribution in [2.24, 2.45) is 0 Å². The highest BCUT2D eigenvalue weighted by molar-refractivity contribution is 5.49. The van der Waals surface area contributed by atoms with Gasteiger partial charge in [0.05, 0.1) is 12.5 Å². The van der Waals surface area contributed by atoms with Crippen LogP contribution >= 0.6 is 0 Å². The first-order valence-corrected chi connectivity index (χ1v) is 7.19. The number of ether oxygens (including phenoxy) is 1. The maximum absolute atomic E-state index is 5.53. The van der Waals surface area contributed by atoms with E-state index in [9.17, 15) is 0 Å². The fourth-order valence-electron chi connectivity index (χ4n) is 2.84. The molecule has 3 heterocycles. The fraction of sp³-hybridized carbons (Fsp3) is 0.571. The van der Waals surface area contributed by atoms with Gasteiger partial charge in [-0.3, -0.25) is 0 Å². The van der Waals surface area contributed by atoms with E-state index in [4.69, 9.17) is 9.26 Å². The largest absolute Gasteiger partial charge is 0.481 e. The Morgan fingerprint density at radius 1 is 1.43 bits per heavy atom. The van der Waals surface area contributed by atoms with Crippen LogP contribution in [-0.4, -0.2) is 40.3 Å². The second-order valence-corrected chi connectivity index (χ2v) is 5.33. The first-order valence-electron chi connectivity index (χ1n) is 7.19. The zero-order valence-electron chi connectivity index (χ0n) is 12.3. The molecule has 112 valence electrons. The molecule has 7 nitrogen and oxygen atoms in total. The smallest absolute Gasteiger partial charge is 0.234 e. The Balaban J connectivity index is 1.91. The average Bonchev–Trinajstić information content (AvgIpc) is 3.17. The lowest BCUT2D eigenvalue weighted by Gasteiger charge is -2.22. The van der Waals surface area contributed by atoms with Gasteiger partial charge in [-0.1, -0.05) is 18.5 Å². The second-order valence-electron chi connectivity index (χ2n) is 5.33. The first-order chi connectivity index (χ1) is 10.3. The van der Waals surface area contributed by atoms with Gasteiger partial charge in [0.1, 0.15) is 12.0 Å². The van der Waals surface area contributed by atoms with Gasteiger partial charge in [-0.2, -0.15) is 4.98 Å². The minimum atomic E-state index is -0.0445. The summed E-state index contributed by atoms with van der Waals surface area (Å²) in [5.74, 6) is 1.66. The molecule has 0 amide bonds. The molecule has 1 aliphatic heterocycles. The molecule has 1 fully saturated rings. The van der Waals surface area contributed by atoms with Crippen molar-refractivity contribution >= 4 is 0 Å². The highest BCUT2D eigenvalue weighted by Crippen LogP contribution is 2.35. The minimum absolute atomic E-state index is 0.0445. The van der Waals surface area contributed by atoms with Gasteiger partial charge < -0.3 is 14.6 Å². The molecule has 1 aliphatic rings. The summed E-state index contributed by atoms with van der Waals surface area (Å²) in [7, 11) is 1.56. The Bertz CT molecular complexity index is 607. The van der Waals surface area contributed by atoms with E-state index in [1.807, 2.05) is 0 Å². The number of methoxy groups -OCH3 is 1. The molecular formula is C14H19N5O2. The number of nitrogens with zero attached hydrogens (tertiary/aromatic N) is 4. The summed E-state index contributed by atoms with van der Waals surface area (Å²) in [6, 6.07) is 1.70. The standard InChI is InChI=1S/C14H19N5O2/c1-3-4-14(5-6-15-8-14)13-18-12(19-21-13)10-7-11(20-2)17-9-16-10/h7,9,15H,3-6,8H2,1-2H3. The predicted molar refractivity (Wildman–Crippen MR) is 75.9 cm³/mol. The van der Waals surface area contributed by atoms with E-state index in [0.717, 1.165) is 32.4 Å². The van der Waals surface area contributed by atoms with Crippen molar-refractivity contribution < 1.29 is 9.26 Å². The Morgan fingerprint density at radius 3 is 3.05 bits per heavy atom. The number of nitrogens with one attached hydrogen (secondary N) is 1. The van der Waals surface area contributed by atoms with Crippen LogP contribution in [0.3, 0.4) is 0 Å². The summed E-state index contributed by atoms with van der Waals surface area (Å²) in [5, 5.41) is 7.46. The summed E-state index contributed by atoms with van der Waals surface area (Å²) in [6.07, 6.45) is 4.58. The molecule has 0 aliphatic carbocycles. The van der Waals surface area contributed by atoms with Crippen molar-refractivity contribution in [1.82, 2.24) is 25.4 Å². The van der Waals surface area contributed by atoms with E-state index in [1.165, 1.54) is 6.33 Å². The number of rotatable bonds is 5. The molecule has 7 heteroatoms. The molecule has 2 aromatic heterocycles. The molecule has 0 bridgehead atoms. The highest BCUT2D eigenvalue weighted by Gasteiger charge is 2.40. The average molecular weight is 289 g/mol. The summed E-state index contributed by atoms with van der Waals surface area (Å²) in [5.41, 5.74) is 0.561. The molecule has 0 spiro atoms. The molecule has 1 saturated heterocycles. The lowest BCUT2D eigenvalue weighted by molar-refractivity contribution is 0.277. The van der Waals surface area contributed by atoms with Crippen LogP contribution in [0.15, 0.2) is 16.9 Å². The van der Waals surface area contributed by atoms with Gasteiger partial charge in [0, 0.05) is 12.6 Å². The number of hydrogen-bond donors (Lipinski definition) is 1. The first kappa shape index (κ1) is 13.9. The zero-order valence-corrected chi connectivity index (χ0v) is 12.3. The Labute approximate surface area is 123 Å². The van der Waals surface area contributed by atoms with E-state index in [2.05, 4.69) is 32.3 Å². The minimum Gasteiger partial charge on any atom is -0.481 e. The highest BCUT2D eigenvalue weighted by atomic mass is 16.5. The van der Waals surface area contributed by atoms with Crippen LogP contribution in [0, 0.1) is 0 Å². The monoisotopic (exact) mass is 289 g/mol. The Kier molecular flexibility index (Phi) is 3.83. The molecule has 1 N–H and O–H groups in total. The van der Waals surface area contributed by atoms with Crippen LogP contribution in [0.4, 0.5) is 0 Å². The molecule has 0 saturated carbocycles. The van der Waals surface area contributed by atoms with Gasteiger partial charge in [-0.15, -0.1) is 0 Å². The van der Waals surface area contributed by atoms with Crippen molar-refractivity contribution in [1.29, 1.82) is 0 Å². The molecule has 2 aromatic rings. The van der Waals surface area contributed by atoms with E-state index in [0.29, 0.717) is 23.3 Å². The fourth-order valence-corrected chi connectivity index (χ4v) is 2.84. The SMILES string of the molecule is CCCC1(c2nc(-c3cc(OC)ncn3)no2)CCNC1. The van der Waals surface area contributed by atoms with Crippen LogP contribution in [0.1, 0.15) is 32.1 Å². The van der Waals surface area contributed by atoms with Gasteiger partial charge in [-0.25, -0.2) is 9.97 Å². The Hall–Kier alpha value is -2.02. The quantitative estimate of drug-likeness (QED) is 0.894. The van der Waals surface area contributed by atoms with E-state index < -0.39 is 0 Å². The van der Waals surface area contributed by atoms with Crippen LogP contribution in [0.2, 0.25) is 0 Å². The second kappa shape index (κ2) is 5.77. The van der Waals surface area contributed by atoms with Gasteiger partial charge >= 0.3 is 0 Å². The molecule has 1 unspecified atom stereocenters. The maximum atomic E-state index is 5.53. The normalized spacial score (nSPS) is 21.6. The molecule has 3 rings (SSSR count). The van der Waals surface area contributed by atoms with Gasteiger partial charge in [0.25, 0.3) is 0 Å². The Morgan fingerprint density at radius 2 is 2.33 bits per heavy atom. The molecule has 0 radical (unpaired) electrons.